The van der Waals surface area contributed by atoms with Crippen LogP contribution in [0.3, 0.4) is 0 Å². The lowest BCUT2D eigenvalue weighted by molar-refractivity contribution is -0.630. The molecule has 0 aliphatic carbocycles. The van der Waals surface area contributed by atoms with Gasteiger partial charge < -0.3 is 4.74 Å². The molecule has 0 fully saturated rings. The fraction of sp³-hybridized carbons (Fsp3) is 0.0870. The predicted molar refractivity (Wildman–Crippen MR) is 110 cm³/mol. The van der Waals surface area contributed by atoms with Crippen molar-refractivity contribution in [2.45, 2.75) is 6.54 Å². The first-order chi connectivity index (χ1) is 14.2. The Balaban J connectivity index is 1.71. The van der Waals surface area contributed by atoms with Gasteiger partial charge in [0.05, 0.1) is 12.7 Å². The lowest BCUT2D eigenvalue weighted by Crippen LogP contribution is -2.49. The highest BCUT2D eigenvalue weighted by molar-refractivity contribution is 5.98. The SMILES string of the molecule is COc1ccc(-c2n(Cc3ccccc3)nc[n+]2NC(=O)c2ccccc2)cc1. The maximum atomic E-state index is 12.7. The standard InChI is InChI=1S/C23H20N4O2/c1-29-21-14-12-20(13-15-21)23-26(16-18-8-4-2-5-9-18)24-17-27(23)25-22(28)19-10-6-3-7-11-19/h2-15,17H,16H2,1H3/p+1. The van der Waals surface area contributed by atoms with E-state index in [1.165, 1.54) is 0 Å². The number of benzene rings is 3. The van der Waals surface area contributed by atoms with Crippen LogP contribution in [-0.4, -0.2) is 22.8 Å². The van der Waals surface area contributed by atoms with Crippen LogP contribution in [0.15, 0.2) is 91.3 Å². The van der Waals surface area contributed by atoms with Gasteiger partial charge in [0, 0.05) is 10.7 Å². The molecule has 0 unspecified atom stereocenters. The summed E-state index contributed by atoms with van der Waals surface area (Å²) < 4.78 is 8.78. The van der Waals surface area contributed by atoms with Gasteiger partial charge in [-0.25, -0.2) is 5.43 Å². The summed E-state index contributed by atoms with van der Waals surface area (Å²) in [5, 5.41) is 4.51. The molecule has 0 aliphatic rings. The summed E-state index contributed by atoms with van der Waals surface area (Å²) in [6, 6.07) is 26.8. The molecular weight excluding hydrogens is 364 g/mol. The third kappa shape index (κ3) is 4.16. The Morgan fingerprint density at radius 1 is 0.966 bits per heavy atom. The molecule has 144 valence electrons. The predicted octanol–water partition coefficient (Wildman–Crippen LogP) is 3.28. The summed E-state index contributed by atoms with van der Waals surface area (Å²) >= 11 is 0. The maximum Gasteiger partial charge on any atom is 0.290 e. The molecule has 1 N–H and O–H groups in total. The molecule has 0 atom stereocenters. The zero-order valence-corrected chi connectivity index (χ0v) is 16.0. The molecule has 1 aromatic heterocycles. The topological polar surface area (TPSA) is 60.0 Å². The number of nitrogens with zero attached hydrogens (tertiary/aromatic N) is 3. The van der Waals surface area contributed by atoms with E-state index in [0.717, 1.165) is 22.7 Å². The summed E-state index contributed by atoms with van der Waals surface area (Å²) in [6.07, 6.45) is 1.61. The van der Waals surface area contributed by atoms with Gasteiger partial charge in [0.2, 0.25) is 0 Å². The molecule has 0 saturated heterocycles. The number of carbonyl (C=O) groups excluding carboxylic acids is 1. The first-order valence-corrected chi connectivity index (χ1v) is 9.27. The van der Waals surface area contributed by atoms with Crippen molar-refractivity contribution >= 4 is 5.91 Å². The van der Waals surface area contributed by atoms with Crippen LogP contribution in [-0.2, 0) is 6.54 Å². The fourth-order valence-corrected chi connectivity index (χ4v) is 3.09. The Kier molecular flexibility index (Phi) is 5.33. The monoisotopic (exact) mass is 385 g/mol. The Hall–Kier alpha value is -3.93. The van der Waals surface area contributed by atoms with Gasteiger partial charge in [-0.05, 0) is 42.0 Å². The van der Waals surface area contributed by atoms with Gasteiger partial charge in [-0.2, -0.15) is 0 Å². The van der Waals surface area contributed by atoms with Crippen LogP contribution in [0.1, 0.15) is 15.9 Å². The van der Waals surface area contributed by atoms with Gasteiger partial charge >= 0.3 is 0 Å². The second-order valence-corrected chi connectivity index (χ2v) is 6.50. The van der Waals surface area contributed by atoms with Crippen LogP contribution in [0.2, 0.25) is 0 Å². The Bertz CT molecular complexity index is 1090. The van der Waals surface area contributed by atoms with Crippen molar-refractivity contribution in [3.63, 3.8) is 0 Å². The molecule has 1 amide bonds. The minimum absolute atomic E-state index is 0.204. The number of hydrogen-bond donors (Lipinski definition) is 1. The molecule has 4 rings (SSSR count). The van der Waals surface area contributed by atoms with E-state index < -0.39 is 0 Å². The fourth-order valence-electron chi connectivity index (χ4n) is 3.09. The number of methoxy groups -OCH3 is 1. The zero-order chi connectivity index (χ0) is 20.1. The summed E-state index contributed by atoms with van der Waals surface area (Å²) in [5.41, 5.74) is 5.53. The molecule has 0 spiro atoms. The number of hydrogen-bond acceptors (Lipinski definition) is 3. The van der Waals surface area contributed by atoms with Crippen molar-refractivity contribution < 1.29 is 14.2 Å². The normalized spacial score (nSPS) is 10.5. The summed E-state index contributed by atoms with van der Waals surface area (Å²) in [7, 11) is 1.63. The van der Waals surface area contributed by atoms with E-state index in [1.54, 1.807) is 30.2 Å². The molecule has 3 aromatic carbocycles. The number of amides is 1. The molecule has 0 saturated carbocycles. The van der Waals surface area contributed by atoms with Crippen LogP contribution < -0.4 is 14.8 Å². The lowest BCUT2D eigenvalue weighted by Gasteiger charge is -2.07. The highest BCUT2D eigenvalue weighted by Crippen LogP contribution is 2.20. The second kappa shape index (κ2) is 8.39. The second-order valence-electron chi connectivity index (χ2n) is 6.50. The third-order valence-electron chi connectivity index (χ3n) is 4.56. The summed E-state index contributed by atoms with van der Waals surface area (Å²) in [4.78, 5) is 12.7. The van der Waals surface area contributed by atoms with Crippen LogP contribution in [0.4, 0.5) is 0 Å². The number of rotatable bonds is 6. The van der Waals surface area contributed by atoms with Crippen molar-refractivity contribution in [2.75, 3.05) is 12.5 Å². The first-order valence-electron chi connectivity index (χ1n) is 9.27. The largest absolute Gasteiger partial charge is 0.497 e. The van der Waals surface area contributed by atoms with Crippen LogP contribution in [0, 0.1) is 0 Å². The van der Waals surface area contributed by atoms with E-state index in [-0.39, 0.29) is 5.91 Å². The van der Waals surface area contributed by atoms with Gasteiger partial charge in [0.1, 0.15) is 12.3 Å². The van der Waals surface area contributed by atoms with Crippen molar-refractivity contribution in [3.8, 4) is 17.1 Å². The Morgan fingerprint density at radius 3 is 2.28 bits per heavy atom. The molecule has 0 radical (unpaired) electrons. The average molecular weight is 385 g/mol. The molecule has 6 nitrogen and oxygen atoms in total. The molecule has 0 bridgehead atoms. The number of nitrogens with one attached hydrogen (secondary N) is 1. The van der Waals surface area contributed by atoms with Crippen LogP contribution >= 0.6 is 0 Å². The highest BCUT2D eigenvalue weighted by Gasteiger charge is 2.23. The Labute approximate surface area is 169 Å². The average Bonchev–Trinajstić information content (AvgIpc) is 3.17. The van der Waals surface area contributed by atoms with E-state index in [1.807, 2.05) is 77.5 Å². The number of aromatic nitrogens is 3. The Morgan fingerprint density at radius 2 is 1.62 bits per heavy atom. The van der Waals surface area contributed by atoms with Crippen molar-refractivity contribution in [1.29, 1.82) is 0 Å². The lowest BCUT2D eigenvalue weighted by atomic mass is 10.2. The molecule has 1 heterocycles. The third-order valence-corrected chi connectivity index (χ3v) is 4.56. The van der Waals surface area contributed by atoms with E-state index in [4.69, 9.17) is 4.74 Å². The summed E-state index contributed by atoms with van der Waals surface area (Å²) in [5.74, 6) is 1.33. The van der Waals surface area contributed by atoms with E-state index >= 15 is 0 Å². The van der Waals surface area contributed by atoms with Crippen molar-refractivity contribution in [1.82, 2.24) is 9.78 Å². The smallest absolute Gasteiger partial charge is 0.290 e. The quantitative estimate of drug-likeness (QED) is 0.518. The van der Waals surface area contributed by atoms with Crippen molar-refractivity contribution in [3.05, 3.63) is 102 Å². The maximum absolute atomic E-state index is 12.7. The molecular formula is C23H21N4O2+. The van der Waals surface area contributed by atoms with Crippen LogP contribution in [0.5, 0.6) is 5.75 Å². The number of ether oxygens (including phenoxy) is 1. The van der Waals surface area contributed by atoms with Gasteiger partial charge in [0.25, 0.3) is 18.1 Å². The first kappa shape index (κ1) is 18.4. The molecule has 0 aliphatic heterocycles. The van der Waals surface area contributed by atoms with Gasteiger partial charge in [-0.1, -0.05) is 48.5 Å². The van der Waals surface area contributed by atoms with Crippen LogP contribution in [0.25, 0.3) is 11.4 Å². The molecule has 29 heavy (non-hydrogen) atoms. The highest BCUT2D eigenvalue weighted by atomic mass is 16.5. The van der Waals surface area contributed by atoms with Gasteiger partial charge in [-0.15, -0.1) is 9.36 Å². The number of carbonyl (C=O) groups is 1. The summed E-state index contributed by atoms with van der Waals surface area (Å²) in [6.45, 7) is 0.580. The van der Waals surface area contributed by atoms with Gasteiger partial charge in [-0.3, -0.25) is 4.79 Å². The molecule has 4 aromatic rings. The minimum atomic E-state index is -0.204. The van der Waals surface area contributed by atoms with E-state index in [9.17, 15) is 4.79 Å². The van der Waals surface area contributed by atoms with Crippen molar-refractivity contribution in [2.24, 2.45) is 0 Å². The van der Waals surface area contributed by atoms with E-state index in [2.05, 4.69) is 10.5 Å². The minimum Gasteiger partial charge on any atom is -0.497 e. The van der Waals surface area contributed by atoms with Gasteiger partial charge in [0.15, 0.2) is 0 Å². The van der Waals surface area contributed by atoms with E-state index in [0.29, 0.717) is 12.1 Å². The zero-order valence-electron chi connectivity index (χ0n) is 16.0. The molecule has 6 heteroatoms.